The number of piperidine rings is 1. The topological polar surface area (TPSA) is 92.4 Å². The maximum absolute atomic E-state index is 14.6. The van der Waals surface area contributed by atoms with E-state index in [1.165, 1.54) is 0 Å². The summed E-state index contributed by atoms with van der Waals surface area (Å²) in [6.07, 6.45) is 5.34. The molecule has 0 radical (unpaired) electrons. The van der Waals surface area contributed by atoms with E-state index in [2.05, 4.69) is 21.3 Å². The molecule has 6 rings (SSSR count). The minimum Gasteiger partial charge on any atom is -0.478 e. The highest BCUT2D eigenvalue weighted by Gasteiger charge is 2.27. The van der Waals surface area contributed by atoms with E-state index in [1.54, 1.807) is 17.0 Å². The number of carboxylic acid groups (broad SMARTS) is 1. The van der Waals surface area contributed by atoms with E-state index in [4.69, 9.17) is 5.11 Å². The van der Waals surface area contributed by atoms with Crippen LogP contribution in [0.4, 0.5) is 14.5 Å². The van der Waals surface area contributed by atoms with E-state index >= 15 is 0 Å². The molecule has 8 nitrogen and oxygen atoms in total. The van der Waals surface area contributed by atoms with E-state index in [0.29, 0.717) is 38.9 Å². The van der Waals surface area contributed by atoms with Crippen molar-refractivity contribution in [3.8, 4) is 5.69 Å². The molecule has 38 heavy (non-hydrogen) atoms. The van der Waals surface area contributed by atoms with Gasteiger partial charge in [0.25, 0.3) is 5.56 Å². The predicted octanol–water partition coefficient (Wildman–Crippen LogP) is 4.05. The zero-order chi connectivity index (χ0) is 26.6. The van der Waals surface area contributed by atoms with E-state index in [1.807, 2.05) is 23.7 Å². The first-order valence-corrected chi connectivity index (χ1v) is 12.7. The Labute approximate surface area is 217 Å². The number of carbonyl (C=O) groups is 1. The fourth-order valence-electron chi connectivity index (χ4n) is 5.82. The lowest BCUT2D eigenvalue weighted by atomic mass is 9.88. The van der Waals surface area contributed by atoms with Crippen LogP contribution in [0.15, 0.2) is 47.5 Å². The minimum atomic E-state index is -1.35. The van der Waals surface area contributed by atoms with Crippen molar-refractivity contribution < 1.29 is 18.7 Å². The molecular formula is C28H27F2N5O3. The van der Waals surface area contributed by atoms with Crippen LogP contribution in [-0.4, -0.2) is 49.7 Å². The quantitative estimate of drug-likeness (QED) is 0.414. The molecule has 2 N–H and O–H groups in total. The average Bonchev–Trinajstić information content (AvgIpc) is 3.50. The maximum Gasteiger partial charge on any atom is 0.335 e. The molecule has 2 aliphatic rings. The van der Waals surface area contributed by atoms with Crippen LogP contribution in [0.3, 0.4) is 0 Å². The third-order valence-electron chi connectivity index (χ3n) is 7.86. The molecule has 10 heteroatoms. The lowest BCUT2D eigenvalue weighted by Crippen LogP contribution is -2.33. The monoisotopic (exact) mass is 519 g/mol. The smallest absolute Gasteiger partial charge is 0.335 e. The van der Waals surface area contributed by atoms with Gasteiger partial charge in [-0.15, -0.1) is 0 Å². The van der Waals surface area contributed by atoms with Crippen molar-refractivity contribution in [2.45, 2.75) is 31.7 Å². The number of benzene rings is 1. The molecule has 0 unspecified atom stereocenters. The van der Waals surface area contributed by atoms with Gasteiger partial charge in [0.1, 0.15) is 17.3 Å². The van der Waals surface area contributed by atoms with E-state index in [9.17, 15) is 18.4 Å². The fraction of sp³-hybridized carbons (Fsp3) is 0.321. The number of likely N-dealkylation sites (tertiary alicyclic amines) is 1. The van der Waals surface area contributed by atoms with E-state index < -0.39 is 17.6 Å². The zero-order valence-electron chi connectivity index (χ0n) is 20.9. The number of hydrogen-bond acceptors (Lipinski definition) is 5. The lowest BCUT2D eigenvalue weighted by molar-refractivity contribution is 0.0695. The van der Waals surface area contributed by atoms with Gasteiger partial charge in [-0.2, -0.15) is 0 Å². The molecule has 0 atom stereocenters. The molecule has 4 aromatic rings. The van der Waals surface area contributed by atoms with Crippen LogP contribution in [0.1, 0.15) is 45.9 Å². The highest BCUT2D eigenvalue weighted by Crippen LogP contribution is 2.33. The first kappa shape index (κ1) is 24.3. The number of rotatable bonds is 5. The Morgan fingerprint density at radius 1 is 1.16 bits per heavy atom. The summed E-state index contributed by atoms with van der Waals surface area (Å²) in [6.45, 7) is 2.68. The Balaban J connectivity index is 1.23. The molecule has 1 saturated heterocycles. The molecule has 2 aliphatic heterocycles. The highest BCUT2D eigenvalue weighted by molar-refractivity contribution is 5.88. The molecule has 0 bridgehead atoms. The van der Waals surface area contributed by atoms with Crippen molar-refractivity contribution in [2.24, 2.45) is 7.05 Å². The summed E-state index contributed by atoms with van der Waals surface area (Å²) >= 11 is 0. The number of pyridine rings is 2. The van der Waals surface area contributed by atoms with Gasteiger partial charge in [0, 0.05) is 60.4 Å². The van der Waals surface area contributed by atoms with Crippen molar-refractivity contribution >= 4 is 22.7 Å². The number of anilines is 1. The van der Waals surface area contributed by atoms with Crippen LogP contribution in [0, 0.1) is 11.6 Å². The third-order valence-corrected chi connectivity index (χ3v) is 7.86. The number of aryl methyl sites for hydroxylation is 1. The van der Waals surface area contributed by atoms with Crippen LogP contribution in [0.5, 0.6) is 0 Å². The molecular weight excluding hydrogens is 492 g/mol. The number of halogens is 2. The fourth-order valence-corrected chi connectivity index (χ4v) is 5.82. The molecule has 1 fully saturated rings. The van der Waals surface area contributed by atoms with Gasteiger partial charge in [-0.3, -0.25) is 14.3 Å². The Morgan fingerprint density at radius 2 is 1.89 bits per heavy atom. The molecule has 196 valence electrons. The Kier molecular flexibility index (Phi) is 5.98. The van der Waals surface area contributed by atoms with Gasteiger partial charge < -0.3 is 15.0 Å². The third kappa shape index (κ3) is 4.05. The summed E-state index contributed by atoms with van der Waals surface area (Å²) in [5.41, 5.74) is 3.84. The van der Waals surface area contributed by atoms with Gasteiger partial charge in [0.05, 0.1) is 11.3 Å². The number of carboxylic acids is 1. The van der Waals surface area contributed by atoms with Crippen LogP contribution in [0.25, 0.3) is 16.7 Å². The van der Waals surface area contributed by atoms with Crippen LogP contribution < -0.4 is 10.9 Å². The summed E-state index contributed by atoms with van der Waals surface area (Å²) in [6, 6.07) is 7.65. The Bertz CT molecular complexity index is 1610. The predicted molar refractivity (Wildman–Crippen MR) is 139 cm³/mol. The second kappa shape index (κ2) is 9.36. The van der Waals surface area contributed by atoms with E-state index in [-0.39, 0.29) is 22.6 Å². The van der Waals surface area contributed by atoms with Gasteiger partial charge in [0.15, 0.2) is 0 Å². The maximum atomic E-state index is 14.6. The molecule has 0 saturated carbocycles. The normalized spacial score (nSPS) is 16.1. The largest absolute Gasteiger partial charge is 0.478 e. The Hall–Kier alpha value is -4.05. The van der Waals surface area contributed by atoms with Gasteiger partial charge in [-0.1, -0.05) is 0 Å². The standard InChI is InChI=1S/C28H27F2N5O3/c1-33-18(15-34-9-4-16(5-10-34)25-21(29)12-17(28(37)38)13-22(25)30)14-20-24(3-8-32-26(20)33)35-11-6-23-19(27(35)36)2-7-31-23/h3,6,8,11-14,16,31H,2,4-5,7,9-10,15H2,1H3,(H,37,38). The van der Waals surface area contributed by atoms with Gasteiger partial charge >= 0.3 is 5.97 Å². The number of hydrogen-bond donors (Lipinski definition) is 2. The molecule has 0 amide bonds. The zero-order valence-corrected chi connectivity index (χ0v) is 20.9. The SMILES string of the molecule is Cn1c(CN2CCC(c3c(F)cc(C(=O)O)cc3F)CC2)cc2c(-n3ccc4c(c3=O)CCN4)ccnc21. The van der Waals surface area contributed by atoms with E-state index in [0.717, 1.165) is 52.3 Å². The van der Waals surface area contributed by atoms with Gasteiger partial charge in [0.2, 0.25) is 0 Å². The molecule has 0 aliphatic carbocycles. The van der Waals surface area contributed by atoms with Gasteiger partial charge in [-0.05, 0) is 68.6 Å². The second-order valence-corrected chi connectivity index (χ2v) is 10.0. The average molecular weight is 520 g/mol. The van der Waals surface area contributed by atoms with Crippen LogP contribution in [0.2, 0.25) is 0 Å². The van der Waals surface area contributed by atoms with Crippen LogP contribution >= 0.6 is 0 Å². The summed E-state index contributed by atoms with van der Waals surface area (Å²) in [7, 11) is 1.95. The number of aromatic nitrogens is 3. The first-order chi connectivity index (χ1) is 18.3. The van der Waals surface area contributed by atoms with Gasteiger partial charge in [-0.25, -0.2) is 18.6 Å². The van der Waals surface area contributed by atoms with Crippen molar-refractivity contribution in [1.29, 1.82) is 0 Å². The van der Waals surface area contributed by atoms with Crippen molar-refractivity contribution in [3.63, 3.8) is 0 Å². The summed E-state index contributed by atoms with van der Waals surface area (Å²) < 4.78 is 32.9. The number of fused-ring (bicyclic) bond motifs is 2. The summed E-state index contributed by atoms with van der Waals surface area (Å²) in [4.78, 5) is 31.1. The van der Waals surface area contributed by atoms with Crippen LogP contribution in [-0.2, 0) is 20.0 Å². The first-order valence-electron chi connectivity index (χ1n) is 12.7. The molecule has 1 aromatic carbocycles. The highest BCUT2D eigenvalue weighted by atomic mass is 19.1. The number of aromatic carboxylic acids is 1. The minimum absolute atomic E-state index is 0.0247. The molecule has 5 heterocycles. The Morgan fingerprint density at radius 3 is 2.61 bits per heavy atom. The molecule has 0 spiro atoms. The number of nitrogens with one attached hydrogen (secondary N) is 1. The van der Waals surface area contributed by atoms with Crippen molar-refractivity contribution in [1.82, 2.24) is 19.0 Å². The second-order valence-electron chi connectivity index (χ2n) is 10.0. The summed E-state index contributed by atoms with van der Waals surface area (Å²) in [5, 5.41) is 13.2. The molecule has 3 aromatic heterocycles. The lowest BCUT2D eigenvalue weighted by Gasteiger charge is -2.32. The van der Waals surface area contributed by atoms with Crippen molar-refractivity contribution in [3.05, 3.63) is 87.1 Å². The van der Waals surface area contributed by atoms with Crippen molar-refractivity contribution in [2.75, 3.05) is 25.0 Å². The summed E-state index contributed by atoms with van der Waals surface area (Å²) in [5.74, 6) is -3.26. The number of nitrogens with zero attached hydrogens (tertiary/aromatic N) is 4.